The van der Waals surface area contributed by atoms with Crippen LogP contribution in [0.5, 0.6) is 0 Å². The number of carbonyl (C=O) groups is 3. The molecule has 1 aromatic rings. The molecule has 1 aromatic heterocycles. The summed E-state index contributed by atoms with van der Waals surface area (Å²) < 4.78 is 6.29. The zero-order valence-electron chi connectivity index (χ0n) is 13.2. The lowest BCUT2D eigenvalue weighted by molar-refractivity contribution is -0.145. The van der Waals surface area contributed by atoms with Gasteiger partial charge in [-0.05, 0) is 0 Å². The molecule has 0 aromatic carbocycles. The number of nitrogens with one attached hydrogen (secondary N) is 1. The van der Waals surface area contributed by atoms with Gasteiger partial charge in [0.2, 0.25) is 0 Å². The number of nitrogens with zero attached hydrogens (tertiary/aromatic N) is 2. The van der Waals surface area contributed by atoms with Gasteiger partial charge in [-0.3, -0.25) is 14.2 Å². The van der Waals surface area contributed by atoms with Gasteiger partial charge in [0, 0.05) is 0 Å². The number of imidazole rings is 1. The third kappa shape index (κ3) is 3.75. The van der Waals surface area contributed by atoms with E-state index in [1.165, 1.54) is 0 Å². The molecule has 1 unspecified atom stereocenters. The second kappa shape index (κ2) is 7.65. The van der Waals surface area contributed by atoms with Crippen molar-refractivity contribution in [1.82, 2.24) is 14.9 Å². The van der Waals surface area contributed by atoms with Crippen LogP contribution >= 0.6 is 0 Å². The van der Waals surface area contributed by atoms with Crippen molar-refractivity contribution in [1.29, 1.82) is 0 Å². The number of carboxylic acid groups (broad SMARTS) is 2. The Morgan fingerprint density at radius 1 is 1.31 bits per heavy atom. The zero-order valence-corrected chi connectivity index (χ0v) is 13.2. The molecular weight excluding hydrogens is 356 g/mol. The molecule has 13 heteroatoms. The minimum absolute atomic E-state index is 0.309. The van der Waals surface area contributed by atoms with E-state index in [1.54, 1.807) is 0 Å². The van der Waals surface area contributed by atoms with Gasteiger partial charge in [0.25, 0.3) is 5.91 Å². The second-order valence-corrected chi connectivity index (χ2v) is 5.58. The Labute approximate surface area is 145 Å². The van der Waals surface area contributed by atoms with Crippen LogP contribution in [0.1, 0.15) is 23.1 Å². The minimum Gasteiger partial charge on any atom is -0.481 e. The molecule has 26 heavy (non-hydrogen) atoms. The van der Waals surface area contributed by atoms with E-state index < -0.39 is 67.1 Å². The van der Waals surface area contributed by atoms with Crippen LogP contribution < -0.4 is 11.1 Å². The topological polar surface area (TPSA) is 217 Å². The molecule has 1 fully saturated rings. The van der Waals surface area contributed by atoms with Crippen LogP contribution in [0, 0.1) is 0 Å². The molecule has 0 saturated carbocycles. The van der Waals surface area contributed by atoms with Crippen LogP contribution in [0.3, 0.4) is 0 Å². The number of aliphatic carboxylic acids is 2. The maximum atomic E-state index is 12.1. The maximum Gasteiger partial charge on any atom is 0.326 e. The molecule has 0 spiro atoms. The summed E-state index contributed by atoms with van der Waals surface area (Å²) in [6.07, 6.45) is -4.98. The lowest BCUT2D eigenvalue weighted by Gasteiger charge is -2.17. The SMILES string of the molecule is Nc1c(C(=O)N[C@@H](CC(=O)O)C(=O)O)ncn1[C@@H]1O[C@H](CO)C(O)[C@@H]1O. The van der Waals surface area contributed by atoms with E-state index in [4.69, 9.17) is 25.8 Å². The lowest BCUT2D eigenvalue weighted by Crippen LogP contribution is -2.42. The molecular formula is C13H18N4O9. The number of nitrogen functional groups attached to an aromatic ring is 1. The van der Waals surface area contributed by atoms with E-state index in [9.17, 15) is 24.6 Å². The third-order valence-electron chi connectivity index (χ3n) is 3.82. The molecule has 2 rings (SSSR count). The summed E-state index contributed by atoms with van der Waals surface area (Å²) in [6.45, 7) is -0.563. The Morgan fingerprint density at radius 2 is 1.96 bits per heavy atom. The van der Waals surface area contributed by atoms with E-state index in [0.717, 1.165) is 10.9 Å². The van der Waals surface area contributed by atoms with Crippen molar-refractivity contribution >= 4 is 23.7 Å². The third-order valence-corrected chi connectivity index (χ3v) is 3.82. The van der Waals surface area contributed by atoms with Gasteiger partial charge in [-0.2, -0.15) is 0 Å². The van der Waals surface area contributed by atoms with Crippen molar-refractivity contribution in [3.8, 4) is 0 Å². The molecule has 0 radical (unpaired) electrons. The summed E-state index contributed by atoms with van der Waals surface area (Å²) in [6, 6.07) is -1.70. The summed E-state index contributed by atoms with van der Waals surface area (Å²) in [4.78, 5) is 37.5. The fourth-order valence-electron chi connectivity index (χ4n) is 2.46. The highest BCUT2D eigenvalue weighted by atomic mass is 16.6. The predicted octanol–water partition coefficient (Wildman–Crippen LogP) is -3.27. The molecule has 1 saturated heterocycles. The summed E-state index contributed by atoms with van der Waals surface area (Å²) in [5.41, 5.74) is 5.36. The minimum atomic E-state index is -1.70. The first-order chi connectivity index (χ1) is 12.2. The summed E-state index contributed by atoms with van der Waals surface area (Å²) >= 11 is 0. The molecule has 0 aliphatic carbocycles. The van der Waals surface area contributed by atoms with Gasteiger partial charge in [0.1, 0.15) is 30.2 Å². The Bertz CT molecular complexity index is 706. The largest absolute Gasteiger partial charge is 0.481 e. The number of aliphatic hydroxyl groups excluding tert-OH is 3. The van der Waals surface area contributed by atoms with Crippen molar-refractivity contribution in [3.05, 3.63) is 12.0 Å². The standard InChI is InChI=1S/C13H18N4O9/c14-10-7(11(23)16-4(13(24)25)1-6(19)20)15-3-17(10)12-9(22)8(21)5(2-18)26-12/h3-5,8-9,12,18,21-22H,1-2,14H2,(H,16,23)(H,19,20)(H,24,25)/t4-,5+,8?,9-,12+/m0/s1. The number of carbonyl (C=O) groups excluding carboxylic acids is 1. The summed E-state index contributed by atoms with van der Waals surface area (Å²) in [5.74, 6) is -4.33. The zero-order chi connectivity index (χ0) is 19.6. The normalized spacial score (nSPS) is 26.4. The second-order valence-electron chi connectivity index (χ2n) is 5.58. The fraction of sp³-hybridized carbons (Fsp3) is 0.538. The molecule has 5 atom stereocenters. The summed E-state index contributed by atoms with van der Waals surface area (Å²) in [7, 11) is 0. The fourth-order valence-corrected chi connectivity index (χ4v) is 2.46. The van der Waals surface area contributed by atoms with Gasteiger partial charge in [-0.15, -0.1) is 0 Å². The molecule has 0 bridgehead atoms. The van der Waals surface area contributed by atoms with Crippen molar-refractivity contribution in [3.63, 3.8) is 0 Å². The van der Waals surface area contributed by atoms with Crippen molar-refractivity contribution < 1.29 is 44.7 Å². The Kier molecular flexibility index (Phi) is 5.76. The first kappa shape index (κ1) is 19.6. The number of rotatable bonds is 7. The quantitative estimate of drug-likeness (QED) is 0.251. The van der Waals surface area contributed by atoms with Gasteiger partial charge in [-0.25, -0.2) is 9.78 Å². The number of amides is 1. The number of anilines is 1. The number of ether oxygens (including phenoxy) is 1. The Morgan fingerprint density at radius 3 is 2.46 bits per heavy atom. The van der Waals surface area contributed by atoms with Gasteiger partial charge >= 0.3 is 11.9 Å². The van der Waals surface area contributed by atoms with Crippen LogP contribution in [0.15, 0.2) is 6.33 Å². The van der Waals surface area contributed by atoms with E-state index >= 15 is 0 Å². The van der Waals surface area contributed by atoms with Crippen molar-refractivity contribution in [2.45, 2.75) is 37.0 Å². The molecule has 8 N–H and O–H groups in total. The van der Waals surface area contributed by atoms with Crippen molar-refractivity contribution in [2.75, 3.05) is 12.3 Å². The number of hydrogen-bond acceptors (Lipinski definition) is 9. The van der Waals surface area contributed by atoms with E-state index in [2.05, 4.69) is 4.98 Å². The van der Waals surface area contributed by atoms with E-state index in [-0.39, 0.29) is 5.82 Å². The monoisotopic (exact) mass is 374 g/mol. The number of nitrogens with two attached hydrogens (primary N) is 1. The van der Waals surface area contributed by atoms with Gasteiger partial charge < -0.3 is 41.3 Å². The average molecular weight is 374 g/mol. The number of hydrogen-bond donors (Lipinski definition) is 7. The molecule has 144 valence electrons. The summed E-state index contributed by atoms with van der Waals surface area (Å²) in [5, 5.41) is 48.4. The van der Waals surface area contributed by atoms with Crippen LogP contribution in [-0.2, 0) is 14.3 Å². The highest BCUT2D eigenvalue weighted by Gasteiger charge is 2.44. The number of aliphatic hydroxyl groups is 3. The maximum absolute atomic E-state index is 12.1. The van der Waals surface area contributed by atoms with E-state index in [1.807, 2.05) is 5.32 Å². The molecule has 13 nitrogen and oxygen atoms in total. The van der Waals surface area contributed by atoms with E-state index in [0.29, 0.717) is 0 Å². The number of aromatic nitrogens is 2. The first-order valence-corrected chi connectivity index (χ1v) is 7.37. The highest BCUT2D eigenvalue weighted by Crippen LogP contribution is 2.31. The van der Waals surface area contributed by atoms with Crippen LogP contribution in [0.2, 0.25) is 0 Å². The van der Waals surface area contributed by atoms with Gasteiger partial charge in [-0.1, -0.05) is 0 Å². The predicted molar refractivity (Wildman–Crippen MR) is 80.8 cm³/mol. The molecule has 1 aliphatic rings. The highest BCUT2D eigenvalue weighted by molar-refractivity contribution is 5.99. The molecule has 2 heterocycles. The van der Waals surface area contributed by atoms with Crippen LogP contribution in [-0.4, -0.2) is 83.9 Å². The Hall–Kier alpha value is -2.74. The smallest absolute Gasteiger partial charge is 0.326 e. The number of carboxylic acids is 2. The lowest BCUT2D eigenvalue weighted by atomic mass is 10.1. The van der Waals surface area contributed by atoms with Crippen molar-refractivity contribution in [2.24, 2.45) is 0 Å². The van der Waals surface area contributed by atoms with Crippen LogP contribution in [0.25, 0.3) is 0 Å². The van der Waals surface area contributed by atoms with Gasteiger partial charge in [0.05, 0.1) is 19.4 Å². The molecule has 1 aliphatic heterocycles. The first-order valence-electron chi connectivity index (χ1n) is 7.37. The molecule has 1 amide bonds. The van der Waals surface area contributed by atoms with Gasteiger partial charge in [0.15, 0.2) is 11.9 Å². The van der Waals surface area contributed by atoms with Crippen LogP contribution in [0.4, 0.5) is 5.82 Å². The average Bonchev–Trinajstić information content (AvgIpc) is 3.07. The Balaban J connectivity index is 2.19.